The van der Waals surface area contributed by atoms with Crippen LogP contribution in [0.1, 0.15) is 0 Å². The third-order valence-electron chi connectivity index (χ3n) is 2.53. The first-order chi connectivity index (χ1) is 8.56. The molecule has 7 heteroatoms. The van der Waals surface area contributed by atoms with Crippen LogP contribution in [0.2, 0.25) is 10.4 Å². The highest BCUT2D eigenvalue weighted by Gasteiger charge is 2.10. The van der Waals surface area contributed by atoms with E-state index in [2.05, 4.69) is 10.1 Å². The second-order valence-electron chi connectivity index (χ2n) is 3.64. The van der Waals surface area contributed by atoms with Crippen molar-refractivity contribution in [2.75, 3.05) is 0 Å². The van der Waals surface area contributed by atoms with Crippen molar-refractivity contribution >= 4 is 39.6 Å². The molecular weight excluding hydrogens is 280 g/mol. The molecule has 0 aliphatic heterocycles. The first kappa shape index (κ1) is 11.4. The normalized spacial score (nSPS) is 11.3. The van der Waals surface area contributed by atoms with E-state index in [-0.39, 0.29) is 21.3 Å². The van der Waals surface area contributed by atoms with Crippen LogP contribution in [0, 0.1) is 5.82 Å². The molecule has 0 unspecified atom stereocenters. The van der Waals surface area contributed by atoms with Crippen LogP contribution in [0.25, 0.3) is 16.4 Å². The second kappa shape index (κ2) is 3.90. The summed E-state index contributed by atoms with van der Waals surface area (Å²) in [6.07, 6.45) is 0. The number of rotatable bonds is 0. The minimum absolute atomic E-state index is 0.0539. The van der Waals surface area contributed by atoms with Gasteiger partial charge in [-0.3, -0.25) is 4.79 Å². The molecule has 90 valence electrons. The zero-order chi connectivity index (χ0) is 12.9. The summed E-state index contributed by atoms with van der Waals surface area (Å²) < 4.78 is 14.5. The molecule has 0 aliphatic rings. The molecule has 3 rings (SSSR count). The quantitative estimate of drug-likeness (QED) is 0.596. The summed E-state index contributed by atoms with van der Waals surface area (Å²) in [6, 6.07) is 5.07. The summed E-state index contributed by atoms with van der Waals surface area (Å²) >= 11 is 11.6. The summed E-state index contributed by atoms with van der Waals surface area (Å²) in [7, 11) is 0. The Balaban J connectivity index is 2.65. The minimum atomic E-state index is -0.495. The fourth-order valence-corrected chi connectivity index (χ4v) is 2.20. The Bertz CT molecular complexity index is 847. The van der Waals surface area contributed by atoms with Gasteiger partial charge in [-0.25, -0.2) is 13.9 Å². The van der Waals surface area contributed by atoms with Crippen molar-refractivity contribution in [2.24, 2.45) is 0 Å². The van der Waals surface area contributed by atoms with E-state index in [1.165, 1.54) is 22.7 Å². The molecule has 0 radical (unpaired) electrons. The Morgan fingerprint density at radius 2 is 1.94 bits per heavy atom. The summed E-state index contributed by atoms with van der Waals surface area (Å²) in [5, 5.41) is 4.18. The molecule has 0 atom stereocenters. The molecule has 0 spiro atoms. The van der Waals surface area contributed by atoms with Gasteiger partial charge in [0.2, 0.25) is 5.28 Å². The number of fused-ring (bicyclic) bond motifs is 3. The van der Waals surface area contributed by atoms with Crippen LogP contribution in [0.4, 0.5) is 4.39 Å². The molecule has 0 aliphatic carbocycles. The molecule has 3 aromatic rings. The van der Waals surface area contributed by atoms with Crippen molar-refractivity contribution in [3.63, 3.8) is 0 Å². The zero-order valence-corrected chi connectivity index (χ0v) is 10.2. The molecular formula is C11H4Cl2FN3O. The van der Waals surface area contributed by atoms with Gasteiger partial charge in [-0.2, -0.15) is 0 Å². The lowest BCUT2D eigenvalue weighted by atomic mass is 10.2. The van der Waals surface area contributed by atoms with Gasteiger partial charge in [0, 0.05) is 6.07 Å². The Labute approximate surface area is 110 Å². The van der Waals surface area contributed by atoms with Crippen LogP contribution < -0.4 is 5.43 Å². The zero-order valence-electron chi connectivity index (χ0n) is 8.69. The van der Waals surface area contributed by atoms with E-state index in [1.54, 1.807) is 0 Å². The maximum absolute atomic E-state index is 13.1. The van der Waals surface area contributed by atoms with Gasteiger partial charge in [0.25, 0.3) is 0 Å². The lowest BCUT2D eigenvalue weighted by Gasteiger charge is -2.06. The third kappa shape index (κ3) is 1.63. The van der Waals surface area contributed by atoms with Gasteiger partial charge in [0.15, 0.2) is 10.6 Å². The minimum Gasteiger partial charge on any atom is -0.289 e. The number of benzene rings is 1. The second-order valence-corrected chi connectivity index (χ2v) is 4.33. The average molecular weight is 284 g/mol. The molecule has 18 heavy (non-hydrogen) atoms. The van der Waals surface area contributed by atoms with E-state index in [9.17, 15) is 9.18 Å². The summed E-state index contributed by atoms with van der Waals surface area (Å²) in [6.45, 7) is 0. The van der Waals surface area contributed by atoms with Crippen molar-refractivity contribution < 1.29 is 4.39 Å². The standard InChI is InChI=1S/C11H4Cl2FN3O/c12-10-8-4-9(18)6-3-5(14)1-2-7(6)17(8)16-11(13)15-10/h1-4H. The highest BCUT2D eigenvalue weighted by molar-refractivity contribution is 6.34. The maximum atomic E-state index is 13.1. The van der Waals surface area contributed by atoms with Gasteiger partial charge < -0.3 is 0 Å². The van der Waals surface area contributed by atoms with Crippen LogP contribution in [-0.2, 0) is 0 Å². The highest BCUT2D eigenvalue weighted by Crippen LogP contribution is 2.19. The Hall–Kier alpha value is -1.72. The van der Waals surface area contributed by atoms with Crippen LogP contribution in [0.3, 0.4) is 0 Å². The van der Waals surface area contributed by atoms with Gasteiger partial charge in [-0.05, 0) is 29.8 Å². The van der Waals surface area contributed by atoms with Gasteiger partial charge in [0.05, 0.1) is 10.9 Å². The van der Waals surface area contributed by atoms with E-state index in [0.29, 0.717) is 11.0 Å². The molecule has 0 bridgehead atoms. The van der Waals surface area contributed by atoms with E-state index < -0.39 is 5.82 Å². The Morgan fingerprint density at radius 3 is 2.72 bits per heavy atom. The number of nitrogens with zero attached hydrogens (tertiary/aromatic N) is 3. The Morgan fingerprint density at radius 1 is 1.17 bits per heavy atom. The SMILES string of the molecule is O=c1cc2c(Cl)nc(Cl)nn2c2ccc(F)cc12. The fourth-order valence-electron chi connectivity index (χ4n) is 1.78. The van der Waals surface area contributed by atoms with E-state index in [1.807, 2.05) is 0 Å². The fraction of sp³-hybridized carbons (Fsp3) is 0. The number of halogens is 3. The number of aromatic nitrogens is 3. The summed E-state index contributed by atoms with van der Waals surface area (Å²) in [5.41, 5.74) is 0.396. The van der Waals surface area contributed by atoms with E-state index in [4.69, 9.17) is 23.2 Å². The largest absolute Gasteiger partial charge is 0.289 e. The van der Waals surface area contributed by atoms with E-state index in [0.717, 1.165) is 6.07 Å². The van der Waals surface area contributed by atoms with E-state index >= 15 is 0 Å². The van der Waals surface area contributed by atoms with Crippen LogP contribution in [0.5, 0.6) is 0 Å². The average Bonchev–Trinajstić information content (AvgIpc) is 2.31. The molecule has 1 aromatic carbocycles. The van der Waals surface area contributed by atoms with Crippen molar-refractivity contribution in [1.82, 2.24) is 14.6 Å². The first-order valence-electron chi connectivity index (χ1n) is 4.90. The summed E-state index contributed by atoms with van der Waals surface area (Å²) in [5.74, 6) is -0.495. The molecule has 4 nitrogen and oxygen atoms in total. The van der Waals surface area contributed by atoms with Crippen molar-refractivity contribution in [1.29, 1.82) is 0 Å². The van der Waals surface area contributed by atoms with Crippen molar-refractivity contribution in [3.8, 4) is 0 Å². The number of pyridine rings is 1. The first-order valence-corrected chi connectivity index (χ1v) is 5.66. The predicted octanol–water partition coefficient (Wildman–Crippen LogP) is 2.69. The number of hydrogen-bond acceptors (Lipinski definition) is 3. The van der Waals surface area contributed by atoms with Crippen LogP contribution in [-0.4, -0.2) is 14.6 Å². The molecule has 0 amide bonds. The van der Waals surface area contributed by atoms with Gasteiger partial charge in [-0.1, -0.05) is 11.6 Å². The topological polar surface area (TPSA) is 47.3 Å². The lowest BCUT2D eigenvalue weighted by Crippen LogP contribution is -2.08. The maximum Gasteiger partial charge on any atom is 0.242 e. The van der Waals surface area contributed by atoms with Gasteiger partial charge >= 0.3 is 0 Å². The number of hydrogen-bond donors (Lipinski definition) is 0. The van der Waals surface area contributed by atoms with Crippen molar-refractivity contribution in [2.45, 2.75) is 0 Å². The summed E-state index contributed by atoms with van der Waals surface area (Å²) in [4.78, 5) is 15.6. The van der Waals surface area contributed by atoms with Crippen LogP contribution >= 0.6 is 23.2 Å². The lowest BCUT2D eigenvalue weighted by molar-refractivity contribution is 0.629. The predicted molar refractivity (Wildman–Crippen MR) is 66.7 cm³/mol. The third-order valence-corrected chi connectivity index (χ3v) is 2.97. The molecule has 0 saturated heterocycles. The molecule has 0 fully saturated rings. The molecule has 0 saturated carbocycles. The van der Waals surface area contributed by atoms with Crippen molar-refractivity contribution in [3.05, 3.63) is 50.7 Å². The van der Waals surface area contributed by atoms with Crippen LogP contribution in [0.15, 0.2) is 29.1 Å². The molecule has 2 aromatic heterocycles. The van der Waals surface area contributed by atoms with Gasteiger partial charge in [0.1, 0.15) is 11.3 Å². The highest BCUT2D eigenvalue weighted by atomic mass is 35.5. The Kier molecular flexibility index (Phi) is 2.46. The van der Waals surface area contributed by atoms with Gasteiger partial charge in [-0.15, -0.1) is 5.10 Å². The smallest absolute Gasteiger partial charge is 0.242 e. The molecule has 2 heterocycles. The monoisotopic (exact) mass is 283 g/mol. The molecule has 0 N–H and O–H groups in total.